The maximum Gasteiger partial charge on any atom is 0.229 e. The number of oxazole rings is 1. The van der Waals surface area contributed by atoms with Crippen LogP contribution in [0.2, 0.25) is 0 Å². The molecule has 0 saturated carbocycles. The van der Waals surface area contributed by atoms with Crippen molar-refractivity contribution >= 4 is 0 Å². The van der Waals surface area contributed by atoms with Crippen molar-refractivity contribution in [2.75, 3.05) is 0 Å². The maximum atomic E-state index is 5.16. The van der Waals surface area contributed by atoms with Crippen LogP contribution in [0.15, 0.2) is 29.4 Å². The Hall–Kier alpha value is -1.71. The summed E-state index contributed by atoms with van der Waals surface area (Å²) in [4.78, 5) is 11.9. The van der Waals surface area contributed by atoms with Crippen molar-refractivity contribution in [2.24, 2.45) is 0 Å². The van der Waals surface area contributed by atoms with Crippen LogP contribution in [0.4, 0.5) is 0 Å². The maximum absolute atomic E-state index is 5.16. The van der Waals surface area contributed by atoms with Gasteiger partial charge in [0.05, 0.1) is 11.3 Å². The molecule has 0 aliphatic rings. The minimum Gasteiger partial charge on any atom is -0.444 e. The molecule has 0 amide bonds. The Morgan fingerprint density at radius 2 is 2.00 bits per heavy atom. The van der Waals surface area contributed by atoms with Gasteiger partial charge in [0.2, 0.25) is 5.89 Å². The van der Waals surface area contributed by atoms with E-state index in [1.807, 2.05) is 6.92 Å². The predicted molar refractivity (Wildman–Crippen MR) is 42.3 cm³/mol. The van der Waals surface area contributed by atoms with Gasteiger partial charge in [-0.3, -0.25) is 0 Å². The van der Waals surface area contributed by atoms with Crippen molar-refractivity contribution in [3.05, 3.63) is 30.7 Å². The van der Waals surface area contributed by atoms with E-state index in [-0.39, 0.29) is 0 Å². The van der Waals surface area contributed by atoms with E-state index in [2.05, 4.69) is 15.0 Å². The average molecular weight is 161 g/mol. The molecule has 2 aromatic heterocycles. The normalized spacial score (nSPS) is 10.1. The summed E-state index contributed by atoms with van der Waals surface area (Å²) in [5.41, 5.74) is 1.65. The van der Waals surface area contributed by atoms with E-state index >= 15 is 0 Å². The lowest BCUT2D eigenvalue weighted by Crippen LogP contribution is -1.81. The van der Waals surface area contributed by atoms with Crippen LogP contribution < -0.4 is 0 Å². The predicted octanol–water partition coefficient (Wildman–Crippen LogP) is 1.44. The summed E-state index contributed by atoms with van der Waals surface area (Å²) in [6.07, 6.45) is 6.40. The van der Waals surface area contributed by atoms with Crippen LogP contribution in [0.1, 0.15) is 5.69 Å². The van der Waals surface area contributed by atoms with Crippen LogP contribution in [0.25, 0.3) is 11.5 Å². The topological polar surface area (TPSA) is 51.8 Å². The largest absolute Gasteiger partial charge is 0.444 e. The standard InChI is InChI=1S/C8H7N3O/c1-6-4-12-8(11-6)7-2-9-5-10-3-7/h2-5H,1H3. The molecule has 0 saturated heterocycles. The van der Waals surface area contributed by atoms with E-state index in [9.17, 15) is 0 Å². The van der Waals surface area contributed by atoms with Gasteiger partial charge < -0.3 is 4.42 Å². The average Bonchev–Trinajstić information content (AvgIpc) is 2.54. The molecule has 0 fully saturated rings. The third-order valence-electron chi connectivity index (χ3n) is 1.43. The van der Waals surface area contributed by atoms with Crippen LogP contribution in [0, 0.1) is 6.92 Å². The first-order valence-electron chi connectivity index (χ1n) is 3.54. The highest BCUT2D eigenvalue weighted by Gasteiger charge is 2.02. The Kier molecular flexibility index (Phi) is 1.59. The van der Waals surface area contributed by atoms with E-state index in [0.717, 1.165) is 11.3 Å². The highest BCUT2D eigenvalue weighted by Crippen LogP contribution is 2.14. The van der Waals surface area contributed by atoms with Crippen molar-refractivity contribution < 1.29 is 4.42 Å². The summed E-state index contributed by atoms with van der Waals surface area (Å²) in [5.74, 6) is 0.563. The highest BCUT2D eigenvalue weighted by atomic mass is 16.3. The Balaban J connectivity index is 2.45. The lowest BCUT2D eigenvalue weighted by molar-refractivity contribution is 0.573. The molecule has 2 rings (SSSR count). The molecule has 0 radical (unpaired) electrons. The smallest absolute Gasteiger partial charge is 0.229 e. The van der Waals surface area contributed by atoms with E-state index in [1.54, 1.807) is 18.7 Å². The molecule has 0 atom stereocenters. The molecular formula is C8H7N3O. The Labute approximate surface area is 69.3 Å². The molecule has 2 aromatic rings. The van der Waals surface area contributed by atoms with Crippen molar-refractivity contribution in [2.45, 2.75) is 6.92 Å². The number of hydrogen-bond acceptors (Lipinski definition) is 4. The molecule has 0 aliphatic carbocycles. The van der Waals surface area contributed by atoms with Gasteiger partial charge in [-0.25, -0.2) is 15.0 Å². The lowest BCUT2D eigenvalue weighted by Gasteiger charge is -1.89. The molecule has 12 heavy (non-hydrogen) atoms. The molecule has 0 spiro atoms. The van der Waals surface area contributed by atoms with Crippen molar-refractivity contribution in [3.8, 4) is 11.5 Å². The molecule has 0 aromatic carbocycles. The van der Waals surface area contributed by atoms with Crippen LogP contribution in [-0.2, 0) is 0 Å². The Morgan fingerprint density at radius 1 is 1.25 bits per heavy atom. The second kappa shape index (κ2) is 2.73. The second-order valence-corrected chi connectivity index (χ2v) is 2.42. The Bertz CT molecular complexity index is 369. The van der Waals surface area contributed by atoms with E-state index in [4.69, 9.17) is 4.42 Å². The van der Waals surface area contributed by atoms with E-state index < -0.39 is 0 Å². The number of aryl methyl sites for hydroxylation is 1. The third kappa shape index (κ3) is 1.18. The van der Waals surface area contributed by atoms with Gasteiger partial charge >= 0.3 is 0 Å². The van der Waals surface area contributed by atoms with Crippen LogP contribution >= 0.6 is 0 Å². The SMILES string of the molecule is Cc1coc(-c2cncnc2)n1. The molecule has 0 N–H and O–H groups in total. The monoisotopic (exact) mass is 161 g/mol. The number of aromatic nitrogens is 3. The van der Waals surface area contributed by atoms with Crippen molar-refractivity contribution in [3.63, 3.8) is 0 Å². The zero-order valence-electron chi connectivity index (χ0n) is 6.56. The fraction of sp³-hybridized carbons (Fsp3) is 0.125. The van der Waals surface area contributed by atoms with Gasteiger partial charge in [0.15, 0.2) is 0 Å². The Morgan fingerprint density at radius 3 is 2.58 bits per heavy atom. The summed E-state index contributed by atoms with van der Waals surface area (Å²) in [6.45, 7) is 1.87. The zero-order valence-corrected chi connectivity index (χ0v) is 6.56. The molecule has 2 heterocycles. The summed E-state index contributed by atoms with van der Waals surface area (Å²) < 4.78 is 5.16. The first kappa shape index (κ1) is 6.97. The molecule has 4 heteroatoms. The fourth-order valence-electron chi connectivity index (χ4n) is 0.896. The van der Waals surface area contributed by atoms with Gasteiger partial charge in [-0.15, -0.1) is 0 Å². The number of rotatable bonds is 1. The second-order valence-electron chi connectivity index (χ2n) is 2.42. The third-order valence-corrected chi connectivity index (χ3v) is 1.43. The zero-order chi connectivity index (χ0) is 8.39. The van der Waals surface area contributed by atoms with Crippen LogP contribution in [0.3, 0.4) is 0 Å². The molecule has 0 unspecified atom stereocenters. The summed E-state index contributed by atoms with van der Waals surface area (Å²) in [6, 6.07) is 0. The van der Waals surface area contributed by atoms with E-state index in [0.29, 0.717) is 5.89 Å². The van der Waals surface area contributed by atoms with Gasteiger partial charge in [0.25, 0.3) is 0 Å². The van der Waals surface area contributed by atoms with Crippen LogP contribution in [-0.4, -0.2) is 15.0 Å². The molecule has 60 valence electrons. The van der Waals surface area contributed by atoms with Crippen LogP contribution in [0.5, 0.6) is 0 Å². The summed E-state index contributed by atoms with van der Waals surface area (Å²) in [5, 5.41) is 0. The lowest BCUT2D eigenvalue weighted by atomic mass is 10.3. The minimum atomic E-state index is 0.563. The summed E-state index contributed by atoms with van der Waals surface area (Å²) in [7, 11) is 0. The first-order valence-corrected chi connectivity index (χ1v) is 3.54. The number of nitrogens with zero attached hydrogens (tertiary/aromatic N) is 3. The molecule has 0 bridgehead atoms. The number of hydrogen-bond donors (Lipinski definition) is 0. The van der Waals surface area contributed by atoms with Gasteiger partial charge in [0, 0.05) is 12.4 Å². The molecular weight excluding hydrogens is 154 g/mol. The quantitative estimate of drug-likeness (QED) is 0.635. The van der Waals surface area contributed by atoms with Crippen molar-refractivity contribution in [1.29, 1.82) is 0 Å². The van der Waals surface area contributed by atoms with E-state index in [1.165, 1.54) is 6.33 Å². The first-order chi connectivity index (χ1) is 5.86. The van der Waals surface area contributed by atoms with Gasteiger partial charge in [-0.1, -0.05) is 0 Å². The molecule has 0 aliphatic heterocycles. The minimum absolute atomic E-state index is 0.563. The van der Waals surface area contributed by atoms with Gasteiger partial charge in [-0.05, 0) is 6.92 Å². The molecule has 4 nitrogen and oxygen atoms in total. The van der Waals surface area contributed by atoms with Gasteiger partial charge in [0.1, 0.15) is 12.6 Å². The highest BCUT2D eigenvalue weighted by molar-refractivity contribution is 5.49. The van der Waals surface area contributed by atoms with Crippen molar-refractivity contribution in [1.82, 2.24) is 15.0 Å². The van der Waals surface area contributed by atoms with Gasteiger partial charge in [-0.2, -0.15) is 0 Å². The fourth-order valence-corrected chi connectivity index (χ4v) is 0.896. The summed E-state index contributed by atoms with van der Waals surface area (Å²) >= 11 is 0.